The molecule has 1 amide bonds. The van der Waals surface area contributed by atoms with Gasteiger partial charge in [0.15, 0.2) is 0 Å². The molecule has 0 fully saturated rings. The van der Waals surface area contributed by atoms with Crippen molar-refractivity contribution in [2.24, 2.45) is 0 Å². The van der Waals surface area contributed by atoms with Crippen LogP contribution in [0.1, 0.15) is 28.7 Å². The van der Waals surface area contributed by atoms with Crippen LogP contribution >= 0.6 is 11.3 Å². The minimum absolute atomic E-state index is 0.0776. The van der Waals surface area contributed by atoms with Gasteiger partial charge in [-0.3, -0.25) is 14.4 Å². The molecule has 8 heteroatoms. The van der Waals surface area contributed by atoms with Gasteiger partial charge in [0.2, 0.25) is 5.91 Å². The van der Waals surface area contributed by atoms with E-state index in [2.05, 4.69) is 38.0 Å². The van der Waals surface area contributed by atoms with Gasteiger partial charge in [-0.1, -0.05) is 0 Å². The van der Waals surface area contributed by atoms with E-state index >= 15 is 0 Å². The Morgan fingerprint density at radius 3 is 3.17 bits per heavy atom. The number of aromatic nitrogens is 3. The van der Waals surface area contributed by atoms with E-state index in [0.29, 0.717) is 6.54 Å². The lowest BCUT2D eigenvalue weighted by Gasteiger charge is -2.33. The molecule has 2 aromatic heterocycles. The maximum atomic E-state index is 11.5. The van der Waals surface area contributed by atoms with E-state index in [0.717, 1.165) is 31.7 Å². The summed E-state index contributed by atoms with van der Waals surface area (Å²) in [5, 5.41) is 7.36. The molecule has 2 aromatic rings. The molecule has 3 heterocycles. The zero-order chi connectivity index (χ0) is 16.9. The number of fused-ring (bicyclic) bond motifs is 1. The second kappa shape index (κ2) is 7.87. The maximum Gasteiger partial charge on any atom is 0.245 e. The first kappa shape index (κ1) is 17.1. The van der Waals surface area contributed by atoms with Crippen molar-refractivity contribution in [1.82, 2.24) is 25.0 Å². The van der Waals surface area contributed by atoms with Crippen LogP contribution in [0.15, 0.2) is 17.8 Å². The van der Waals surface area contributed by atoms with Gasteiger partial charge in [0, 0.05) is 44.4 Å². The first-order chi connectivity index (χ1) is 11.7. The number of thiazole rings is 1. The highest BCUT2D eigenvalue weighted by Gasteiger charge is 2.26. The summed E-state index contributed by atoms with van der Waals surface area (Å²) < 4.78 is 6.93. The summed E-state index contributed by atoms with van der Waals surface area (Å²) in [6.45, 7) is 5.52. The lowest BCUT2D eigenvalue weighted by Crippen LogP contribution is -2.39. The molecule has 0 radical (unpaired) electrons. The van der Waals surface area contributed by atoms with Gasteiger partial charge in [-0.05, 0) is 19.4 Å². The van der Waals surface area contributed by atoms with E-state index in [9.17, 15) is 4.79 Å². The topological polar surface area (TPSA) is 72.3 Å². The predicted molar refractivity (Wildman–Crippen MR) is 91.7 cm³/mol. The Labute approximate surface area is 145 Å². The van der Waals surface area contributed by atoms with Crippen LogP contribution in [0.5, 0.6) is 0 Å². The van der Waals surface area contributed by atoms with Crippen molar-refractivity contribution in [3.05, 3.63) is 34.0 Å². The average molecular weight is 349 g/mol. The first-order valence-corrected chi connectivity index (χ1v) is 8.94. The molecule has 0 bridgehead atoms. The number of rotatable bonds is 7. The largest absolute Gasteiger partial charge is 0.375 e. The van der Waals surface area contributed by atoms with Gasteiger partial charge in [-0.25, -0.2) is 4.98 Å². The number of nitrogens with zero attached hydrogens (tertiary/aromatic N) is 4. The normalized spacial score (nSPS) is 17.7. The summed E-state index contributed by atoms with van der Waals surface area (Å²) >= 11 is 1.71. The predicted octanol–water partition coefficient (Wildman–Crippen LogP) is 1.36. The number of carbonyl (C=O) groups is 1. The zero-order valence-electron chi connectivity index (χ0n) is 14.1. The van der Waals surface area contributed by atoms with Crippen molar-refractivity contribution in [3.8, 4) is 0 Å². The van der Waals surface area contributed by atoms with E-state index in [1.807, 2.05) is 11.7 Å². The summed E-state index contributed by atoms with van der Waals surface area (Å²) in [6, 6.07) is 2.34. The van der Waals surface area contributed by atoms with Crippen LogP contribution in [-0.4, -0.2) is 52.4 Å². The van der Waals surface area contributed by atoms with Gasteiger partial charge < -0.3 is 10.1 Å². The quantitative estimate of drug-likeness (QED) is 0.817. The molecule has 0 aromatic carbocycles. The number of methoxy groups -OCH3 is 1. The number of hydrogen-bond acceptors (Lipinski definition) is 6. The van der Waals surface area contributed by atoms with Gasteiger partial charge in [-0.2, -0.15) is 5.10 Å². The van der Waals surface area contributed by atoms with E-state index in [1.165, 1.54) is 17.7 Å². The van der Waals surface area contributed by atoms with Crippen molar-refractivity contribution in [3.63, 3.8) is 0 Å². The van der Waals surface area contributed by atoms with E-state index in [4.69, 9.17) is 4.74 Å². The number of carbonyl (C=O) groups excluding carboxylic acids is 1. The molecular formula is C16H23N5O2S. The van der Waals surface area contributed by atoms with E-state index in [1.54, 1.807) is 11.3 Å². The smallest absolute Gasteiger partial charge is 0.245 e. The Morgan fingerprint density at radius 2 is 2.42 bits per heavy atom. The zero-order valence-corrected chi connectivity index (χ0v) is 14.9. The lowest BCUT2D eigenvalue weighted by molar-refractivity contribution is -0.124. The minimum Gasteiger partial charge on any atom is -0.375 e. The van der Waals surface area contributed by atoms with Crippen LogP contribution in [0.25, 0.3) is 0 Å². The van der Waals surface area contributed by atoms with Gasteiger partial charge in [-0.15, -0.1) is 11.3 Å². The fraction of sp³-hybridized carbons (Fsp3) is 0.562. The van der Waals surface area contributed by atoms with Crippen molar-refractivity contribution in [1.29, 1.82) is 0 Å². The fourth-order valence-electron chi connectivity index (χ4n) is 3.04. The minimum atomic E-state index is -0.0776. The molecule has 24 heavy (non-hydrogen) atoms. The molecule has 1 N–H and O–H groups in total. The molecule has 1 atom stereocenters. The Morgan fingerprint density at radius 1 is 1.54 bits per heavy atom. The van der Waals surface area contributed by atoms with Crippen LogP contribution in [0, 0.1) is 6.92 Å². The summed E-state index contributed by atoms with van der Waals surface area (Å²) in [6.07, 6.45) is 2.70. The lowest BCUT2D eigenvalue weighted by atomic mass is 10.1. The molecule has 0 unspecified atom stereocenters. The molecular weight excluding hydrogens is 326 g/mol. The van der Waals surface area contributed by atoms with Crippen molar-refractivity contribution < 1.29 is 9.53 Å². The first-order valence-electron chi connectivity index (χ1n) is 8.06. The third kappa shape index (κ3) is 4.00. The number of ether oxygens (including phenoxy) is 1. The van der Waals surface area contributed by atoms with Crippen LogP contribution in [0.4, 0.5) is 0 Å². The Kier molecular flexibility index (Phi) is 5.60. The number of hydrogen-bond donors (Lipinski definition) is 1. The van der Waals surface area contributed by atoms with Gasteiger partial charge in [0.25, 0.3) is 0 Å². The molecule has 0 spiro atoms. The van der Waals surface area contributed by atoms with Gasteiger partial charge >= 0.3 is 0 Å². The van der Waals surface area contributed by atoms with Gasteiger partial charge in [0.05, 0.1) is 22.9 Å². The highest BCUT2D eigenvalue weighted by Crippen LogP contribution is 2.25. The third-order valence-electron chi connectivity index (χ3n) is 4.24. The molecule has 7 nitrogen and oxygen atoms in total. The summed E-state index contributed by atoms with van der Waals surface area (Å²) in [5.41, 5.74) is 4.24. The molecule has 1 aliphatic rings. The highest BCUT2D eigenvalue weighted by molar-refractivity contribution is 7.09. The highest BCUT2D eigenvalue weighted by atomic mass is 32.1. The fourth-order valence-corrected chi connectivity index (χ4v) is 3.86. The monoisotopic (exact) mass is 349 g/mol. The van der Waals surface area contributed by atoms with Crippen molar-refractivity contribution in [2.45, 2.75) is 32.5 Å². The molecule has 0 saturated heterocycles. The van der Waals surface area contributed by atoms with Crippen LogP contribution in [0.2, 0.25) is 0 Å². The molecule has 0 saturated carbocycles. The second-order valence-electron chi connectivity index (χ2n) is 6.02. The Hall–Kier alpha value is -1.77. The number of aryl methyl sites for hydroxylation is 1. The summed E-state index contributed by atoms with van der Waals surface area (Å²) in [5.74, 6) is -0.0776. The van der Waals surface area contributed by atoms with Crippen molar-refractivity contribution in [2.75, 3.05) is 26.8 Å². The third-order valence-corrected chi connectivity index (χ3v) is 5.16. The van der Waals surface area contributed by atoms with Crippen LogP contribution < -0.4 is 5.32 Å². The summed E-state index contributed by atoms with van der Waals surface area (Å²) in [7, 11) is 1.52. The van der Waals surface area contributed by atoms with Crippen LogP contribution in [-0.2, 0) is 22.6 Å². The average Bonchev–Trinajstić information content (AvgIpc) is 3.17. The SMILES string of the molecule is COCC(=O)NCC[C@H]1CN(Cc2scnc2C)Cc2ccnn21. The molecule has 1 aliphatic heterocycles. The summed E-state index contributed by atoms with van der Waals surface area (Å²) in [4.78, 5) is 19.6. The standard InChI is InChI=1S/C16H23N5O2S/c1-12-15(24-11-18-12)9-20-7-13(3-5-17-16(22)10-23-2)21-14(8-20)4-6-19-21/h4,6,11,13H,3,5,7-10H2,1-2H3,(H,17,22)/t13-/m0/s1. The molecule has 3 rings (SSSR count). The van der Waals surface area contributed by atoms with E-state index < -0.39 is 0 Å². The van der Waals surface area contributed by atoms with E-state index in [-0.39, 0.29) is 18.6 Å². The second-order valence-corrected chi connectivity index (χ2v) is 6.96. The molecule has 130 valence electrons. The van der Waals surface area contributed by atoms with Crippen LogP contribution in [0.3, 0.4) is 0 Å². The maximum absolute atomic E-state index is 11.5. The van der Waals surface area contributed by atoms with Crippen molar-refractivity contribution >= 4 is 17.2 Å². The Bertz CT molecular complexity index is 684. The Balaban J connectivity index is 1.61. The number of amides is 1. The number of nitrogens with one attached hydrogen (secondary N) is 1. The molecule has 0 aliphatic carbocycles. The van der Waals surface area contributed by atoms with Gasteiger partial charge in [0.1, 0.15) is 6.61 Å².